The van der Waals surface area contributed by atoms with Gasteiger partial charge in [-0.05, 0) is 21.8 Å². The summed E-state index contributed by atoms with van der Waals surface area (Å²) in [6, 6.07) is 0. The Kier molecular flexibility index (Phi) is 3.77. The van der Waals surface area contributed by atoms with Gasteiger partial charge in [0.25, 0.3) is 0 Å². The highest BCUT2D eigenvalue weighted by Gasteiger charge is 2.12. The number of hydrogen-bond donors (Lipinski definition) is 1. The van der Waals surface area contributed by atoms with E-state index in [2.05, 4.69) is 21.0 Å². The third kappa shape index (κ3) is 4.21. The maximum absolute atomic E-state index is 11.0. The Bertz CT molecular complexity index is 421. The minimum Gasteiger partial charge on any atom is -0.381 e. The molecule has 2 N–H and O–H groups in total. The van der Waals surface area contributed by atoms with Crippen LogP contribution in [0.2, 0.25) is 0 Å². The molecule has 0 aliphatic heterocycles. The van der Waals surface area contributed by atoms with Gasteiger partial charge in [0, 0.05) is 19.0 Å². The predicted molar refractivity (Wildman–Crippen MR) is 63.2 cm³/mol. The van der Waals surface area contributed by atoms with Crippen molar-refractivity contribution in [2.45, 2.75) is 13.5 Å². The standard InChI is InChI=1S/C8H14BrN3O2S/c1-6(5-15(2,13)14)3-12-4-7(9)8(10)11-12/h4,6H,3,5H2,1-2H3,(H2,10,11). The van der Waals surface area contributed by atoms with Crippen LogP contribution in [0.1, 0.15) is 6.92 Å². The van der Waals surface area contributed by atoms with Crippen molar-refractivity contribution in [2.24, 2.45) is 5.92 Å². The van der Waals surface area contributed by atoms with Gasteiger partial charge in [0.15, 0.2) is 5.82 Å². The van der Waals surface area contributed by atoms with Crippen LogP contribution in [0.25, 0.3) is 0 Å². The number of aromatic nitrogens is 2. The topological polar surface area (TPSA) is 78.0 Å². The first-order valence-electron chi connectivity index (χ1n) is 4.44. The van der Waals surface area contributed by atoms with Crippen molar-refractivity contribution in [3.05, 3.63) is 10.7 Å². The average Bonchev–Trinajstić information content (AvgIpc) is 2.26. The minimum atomic E-state index is -2.93. The first kappa shape index (κ1) is 12.5. The Hall–Kier alpha value is -0.560. The summed E-state index contributed by atoms with van der Waals surface area (Å²) in [6.45, 7) is 2.41. The molecule has 0 saturated carbocycles. The zero-order valence-corrected chi connectivity index (χ0v) is 11.0. The fourth-order valence-electron chi connectivity index (χ4n) is 1.39. The van der Waals surface area contributed by atoms with E-state index in [1.165, 1.54) is 6.26 Å². The third-order valence-electron chi connectivity index (χ3n) is 1.83. The quantitative estimate of drug-likeness (QED) is 0.895. The second-order valence-corrected chi connectivity index (χ2v) is 6.82. The molecular weight excluding hydrogens is 282 g/mol. The lowest BCUT2D eigenvalue weighted by Crippen LogP contribution is -2.17. The largest absolute Gasteiger partial charge is 0.381 e. The molecule has 0 amide bonds. The molecule has 0 aromatic carbocycles. The molecule has 0 spiro atoms. The maximum atomic E-state index is 11.0. The molecule has 0 aliphatic carbocycles. The zero-order valence-electron chi connectivity index (χ0n) is 8.64. The van der Waals surface area contributed by atoms with E-state index in [0.717, 1.165) is 4.47 Å². The molecular formula is C8H14BrN3O2S. The molecule has 7 heteroatoms. The van der Waals surface area contributed by atoms with Crippen LogP contribution in [0.3, 0.4) is 0 Å². The number of hydrogen-bond acceptors (Lipinski definition) is 4. The van der Waals surface area contributed by atoms with E-state index in [1.807, 2.05) is 6.92 Å². The summed E-state index contributed by atoms with van der Waals surface area (Å²) < 4.78 is 24.5. The first-order chi connectivity index (χ1) is 6.78. The molecule has 0 fully saturated rings. The van der Waals surface area contributed by atoms with Gasteiger partial charge in [-0.25, -0.2) is 8.42 Å². The van der Waals surface area contributed by atoms with Gasteiger partial charge in [0.05, 0.1) is 10.2 Å². The van der Waals surface area contributed by atoms with Crippen LogP contribution in [0, 0.1) is 5.92 Å². The van der Waals surface area contributed by atoms with Gasteiger partial charge in [0.1, 0.15) is 9.84 Å². The Labute approximate surface area is 97.7 Å². The average molecular weight is 296 g/mol. The molecule has 1 aromatic heterocycles. The van der Waals surface area contributed by atoms with Crippen molar-refractivity contribution < 1.29 is 8.42 Å². The Balaban J connectivity index is 2.63. The van der Waals surface area contributed by atoms with E-state index in [4.69, 9.17) is 5.73 Å². The van der Waals surface area contributed by atoms with Gasteiger partial charge < -0.3 is 5.73 Å². The van der Waals surface area contributed by atoms with Gasteiger partial charge >= 0.3 is 0 Å². The van der Waals surface area contributed by atoms with Crippen molar-refractivity contribution in [1.82, 2.24) is 9.78 Å². The second kappa shape index (κ2) is 4.52. The van der Waals surface area contributed by atoms with Gasteiger partial charge in [-0.1, -0.05) is 6.92 Å². The third-order valence-corrected chi connectivity index (χ3v) is 3.61. The number of nitrogen functional groups attached to an aromatic ring is 1. The lowest BCUT2D eigenvalue weighted by atomic mass is 10.2. The van der Waals surface area contributed by atoms with Crippen LogP contribution >= 0.6 is 15.9 Å². The Morgan fingerprint density at radius 1 is 1.67 bits per heavy atom. The zero-order chi connectivity index (χ0) is 11.6. The van der Waals surface area contributed by atoms with E-state index >= 15 is 0 Å². The summed E-state index contributed by atoms with van der Waals surface area (Å²) in [7, 11) is -2.93. The second-order valence-electron chi connectivity index (χ2n) is 3.78. The predicted octanol–water partition coefficient (Wildman–Crippen LogP) is 0.909. The van der Waals surface area contributed by atoms with E-state index in [0.29, 0.717) is 12.4 Å². The number of sulfone groups is 1. The molecule has 1 rings (SSSR count). The number of nitrogens with two attached hydrogens (primary N) is 1. The van der Waals surface area contributed by atoms with E-state index in [1.54, 1.807) is 10.9 Å². The van der Waals surface area contributed by atoms with Crippen LogP contribution in [0.4, 0.5) is 5.82 Å². The molecule has 15 heavy (non-hydrogen) atoms. The van der Waals surface area contributed by atoms with Crippen molar-refractivity contribution in [1.29, 1.82) is 0 Å². The highest BCUT2D eigenvalue weighted by atomic mass is 79.9. The van der Waals surface area contributed by atoms with Crippen LogP contribution in [-0.4, -0.2) is 30.2 Å². The molecule has 1 heterocycles. The molecule has 0 radical (unpaired) electrons. The lowest BCUT2D eigenvalue weighted by molar-refractivity contribution is 0.479. The molecule has 0 bridgehead atoms. The SMILES string of the molecule is CC(Cn1cc(Br)c(N)n1)CS(C)(=O)=O. The fraction of sp³-hybridized carbons (Fsp3) is 0.625. The lowest BCUT2D eigenvalue weighted by Gasteiger charge is -2.09. The van der Waals surface area contributed by atoms with Crippen LogP contribution in [-0.2, 0) is 16.4 Å². The van der Waals surface area contributed by atoms with Gasteiger partial charge in [0.2, 0.25) is 0 Å². The summed E-state index contributed by atoms with van der Waals surface area (Å²) in [5.74, 6) is 0.595. The number of rotatable bonds is 4. The highest BCUT2D eigenvalue weighted by molar-refractivity contribution is 9.10. The van der Waals surface area contributed by atoms with Crippen molar-refractivity contribution >= 4 is 31.6 Å². The van der Waals surface area contributed by atoms with Gasteiger partial charge in [-0.2, -0.15) is 5.10 Å². The van der Waals surface area contributed by atoms with Crippen LogP contribution in [0.15, 0.2) is 10.7 Å². The molecule has 5 nitrogen and oxygen atoms in total. The molecule has 0 aliphatic rings. The van der Waals surface area contributed by atoms with Crippen LogP contribution < -0.4 is 5.73 Å². The minimum absolute atomic E-state index is 0.0196. The summed E-state index contributed by atoms with van der Waals surface area (Å²) in [5.41, 5.74) is 5.55. The normalized spacial score (nSPS) is 14.1. The fourth-order valence-corrected chi connectivity index (χ4v) is 2.85. The van der Waals surface area contributed by atoms with Gasteiger partial charge in [-0.3, -0.25) is 4.68 Å². The van der Waals surface area contributed by atoms with E-state index < -0.39 is 9.84 Å². The van der Waals surface area contributed by atoms with Crippen molar-refractivity contribution in [3.8, 4) is 0 Å². The van der Waals surface area contributed by atoms with Crippen LogP contribution in [0.5, 0.6) is 0 Å². The van der Waals surface area contributed by atoms with Crippen molar-refractivity contribution in [3.63, 3.8) is 0 Å². The first-order valence-corrected chi connectivity index (χ1v) is 7.29. The van der Waals surface area contributed by atoms with Gasteiger partial charge in [-0.15, -0.1) is 0 Å². The summed E-state index contributed by atoms with van der Waals surface area (Å²) in [6.07, 6.45) is 2.98. The summed E-state index contributed by atoms with van der Waals surface area (Å²) in [4.78, 5) is 0. The van der Waals surface area contributed by atoms with E-state index in [-0.39, 0.29) is 11.7 Å². The number of anilines is 1. The maximum Gasteiger partial charge on any atom is 0.159 e. The van der Waals surface area contributed by atoms with E-state index in [9.17, 15) is 8.42 Å². The number of halogens is 1. The summed E-state index contributed by atoms with van der Waals surface area (Å²) in [5, 5.41) is 4.03. The smallest absolute Gasteiger partial charge is 0.159 e. The summed E-state index contributed by atoms with van der Waals surface area (Å²) >= 11 is 3.24. The molecule has 0 saturated heterocycles. The Morgan fingerprint density at radius 2 is 2.27 bits per heavy atom. The highest BCUT2D eigenvalue weighted by Crippen LogP contribution is 2.17. The monoisotopic (exact) mass is 295 g/mol. The molecule has 1 atom stereocenters. The molecule has 86 valence electrons. The molecule has 1 unspecified atom stereocenters. The van der Waals surface area contributed by atoms with Crippen molar-refractivity contribution in [2.75, 3.05) is 17.7 Å². The Morgan fingerprint density at radius 3 is 2.67 bits per heavy atom. The molecule has 1 aromatic rings. The number of nitrogens with zero attached hydrogens (tertiary/aromatic N) is 2.